The molecule has 0 atom stereocenters. The van der Waals surface area contributed by atoms with Crippen LogP contribution in [-0.2, 0) is 0 Å². The largest absolute Gasteiger partial charge is 0.399 e. The summed E-state index contributed by atoms with van der Waals surface area (Å²) < 4.78 is 0. The number of anilines is 1. The highest BCUT2D eigenvalue weighted by molar-refractivity contribution is 6.07. The number of nitrogen functional groups attached to an aromatic ring is 1. The first-order valence-electron chi connectivity index (χ1n) is 10.9. The minimum Gasteiger partial charge on any atom is -0.399 e. The minimum atomic E-state index is 0.0719. The molecule has 5 heteroatoms. The van der Waals surface area contributed by atoms with E-state index >= 15 is 0 Å². The SMILES string of the molecule is C/C=C(/c1cc(C(=O)N2CCCNCC2)c2cc(C)ccc2n1)c1cc(N)ccc1C. The summed E-state index contributed by atoms with van der Waals surface area (Å²) in [5.74, 6) is 0.0719. The van der Waals surface area contributed by atoms with E-state index in [4.69, 9.17) is 10.7 Å². The van der Waals surface area contributed by atoms with E-state index in [0.717, 1.165) is 64.9 Å². The van der Waals surface area contributed by atoms with Crippen LogP contribution in [0.25, 0.3) is 16.5 Å². The number of aromatic nitrogens is 1. The van der Waals surface area contributed by atoms with E-state index in [2.05, 4.69) is 18.3 Å². The maximum absolute atomic E-state index is 13.6. The number of nitrogens with zero attached hydrogens (tertiary/aromatic N) is 2. The highest BCUT2D eigenvalue weighted by Gasteiger charge is 2.22. The molecule has 0 saturated carbocycles. The summed E-state index contributed by atoms with van der Waals surface area (Å²) in [4.78, 5) is 20.5. The van der Waals surface area contributed by atoms with E-state index in [1.165, 1.54) is 0 Å². The average Bonchev–Trinajstić information content (AvgIpc) is 3.05. The summed E-state index contributed by atoms with van der Waals surface area (Å²) >= 11 is 0. The van der Waals surface area contributed by atoms with Gasteiger partial charge in [-0.05, 0) is 75.2 Å². The molecule has 3 aromatic rings. The van der Waals surface area contributed by atoms with Crippen LogP contribution in [0, 0.1) is 13.8 Å². The van der Waals surface area contributed by atoms with E-state index in [1.807, 2.05) is 61.2 Å². The van der Waals surface area contributed by atoms with Crippen molar-refractivity contribution in [1.29, 1.82) is 0 Å². The highest BCUT2D eigenvalue weighted by atomic mass is 16.2. The molecule has 0 bridgehead atoms. The van der Waals surface area contributed by atoms with Gasteiger partial charge in [-0.3, -0.25) is 4.79 Å². The molecular formula is C26H30N4O. The molecule has 4 rings (SSSR count). The molecule has 31 heavy (non-hydrogen) atoms. The Morgan fingerprint density at radius 2 is 1.90 bits per heavy atom. The molecule has 0 radical (unpaired) electrons. The van der Waals surface area contributed by atoms with Crippen LogP contribution in [0.15, 0.2) is 48.5 Å². The Morgan fingerprint density at radius 3 is 2.71 bits per heavy atom. The fourth-order valence-electron chi connectivity index (χ4n) is 4.24. The molecule has 1 aromatic heterocycles. The molecule has 5 nitrogen and oxygen atoms in total. The van der Waals surface area contributed by atoms with E-state index in [9.17, 15) is 4.79 Å². The summed E-state index contributed by atoms with van der Waals surface area (Å²) in [6, 6.07) is 14.0. The lowest BCUT2D eigenvalue weighted by atomic mass is 9.94. The summed E-state index contributed by atoms with van der Waals surface area (Å²) in [5.41, 5.74) is 13.4. The second kappa shape index (κ2) is 8.90. The third kappa shape index (κ3) is 4.32. The normalized spacial score (nSPS) is 15.2. The number of hydrogen-bond acceptors (Lipinski definition) is 4. The van der Waals surface area contributed by atoms with Crippen LogP contribution in [0.5, 0.6) is 0 Å². The van der Waals surface area contributed by atoms with Gasteiger partial charge in [-0.25, -0.2) is 4.98 Å². The molecule has 2 heterocycles. The van der Waals surface area contributed by atoms with E-state index in [1.54, 1.807) is 0 Å². The first kappa shape index (κ1) is 21.1. The van der Waals surface area contributed by atoms with Crippen molar-refractivity contribution in [2.75, 3.05) is 31.9 Å². The Bertz CT molecular complexity index is 1160. The quantitative estimate of drug-likeness (QED) is 0.626. The van der Waals surface area contributed by atoms with Crippen LogP contribution in [0.1, 0.15) is 46.1 Å². The van der Waals surface area contributed by atoms with Gasteiger partial charge in [0, 0.05) is 36.3 Å². The molecular weight excluding hydrogens is 384 g/mol. The van der Waals surface area contributed by atoms with Gasteiger partial charge in [-0.15, -0.1) is 0 Å². The lowest BCUT2D eigenvalue weighted by Crippen LogP contribution is -2.34. The summed E-state index contributed by atoms with van der Waals surface area (Å²) in [5, 5.41) is 4.28. The molecule has 0 spiro atoms. The van der Waals surface area contributed by atoms with Crippen molar-refractivity contribution in [3.63, 3.8) is 0 Å². The van der Waals surface area contributed by atoms with Crippen molar-refractivity contribution in [3.05, 3.63) is 76.5 Å². The third-order valence-corrected chi connectivity index (χ3v) is 5.94. The molecule has 160 valence electrons. The fraction of sp³-hybridized carbons (Fsp3) is 0.308. The molecule has 1 saturated heterocycles. The van der Waals surface area contributed by atoms with E-state index in [0.29, 0.717) is 17.8 Å². The number of hydrogen-bond donors (Lipinski definition) is 2. The van der Waals surface area contributed by atoms with Crippen molar-refractivity contribution in [3.8, 4) is 0 Å². The number of nitrogens with two attached hydrogens (primary N) is 1. The maximum Gasteiger partial charge on any atom is 0.254 e. The highest BCUT2D eigenvalue weighted by Crippen LogP contribution is 2.30. The lowest BCUT2D eigenvalue weighted by molar-refractivity contribution is 0.0768. The van der Waals surface area contributed by atoms with Crippen molar-refractivity contribution < 1.29 is 4.79 Å². The van der Waals surface area contributed by atoms with Gasteiger partial charge in [0.05, 0.1) is 16.8 Å². The van der Waals surface area contributed by atoms with Gasteiger partial charge in [-0.2, -0.15) is 0 Å². The Kier molecular flexibility index (Phi) is 6.05. The number of allylic oxidation sites excluding steroid dienone is 1. The number of aryl methyl sites for hydroxylation is 2. The van der Waals surface area contributed by atoms with E-state index in [-0.39, 0.29) is 5.91 Å². The predicted octanol–water partition coefficient (Wildman–Crippen LogP) is 4.32. The molecule has 1 amide bonds. The van der Waals surface area contributed by atoms with Crippen LogP contribution in [0.4, 0.5) is 5.69 Å². The number of carbonyl (C=O) groups is 1. The molecule has 1 aliphatic heterocycles. The second-order valence-corrected chi connectivity index (χ2v) is 8.25. The molecule has 0 unspecified atom stereocenters. The predicted molar refractivity (Wildman–Crippen MR) is 128 cm³/mol. The number of pyridine rings is 1. The van der Waals surface area contributed by atoms with Crippen LogP contribution < -0.4 is 11.1 Å². The van der Waals surface area contributed by atoms with Gasteiger partial charge in [0.15, 0.2) is 0 Å². The van der Waals surface area contributed by atoms with Gasteiger partial charge < -0.3 is 16.0 Å². The van der Waals surface area contributed by atoms with Gasteiger partial charge in [-0.1, -0.05) is 23.8 Å². The van der Waals surface area contributed by atoms with Crippen LogP contribution >= 0.6 is 0 Å². The second-order valence-electron chi connectivity index (χ2n) is 8.25. The Balaban J connectivity index is 1.88. The van der Waals surface area contributed by atoms with Gasteiger partial charge in [0.2, 0.25) is 0 Å². The van der Waals surface area contributed by atoms with Gasteiger partial charge >= 0.3 is 0 Å². The number of carbonyl (C=O) groups excluding carboxylic acids is 1. The number of benzene rings is 2. The Morgan fingerprint density at radius 1 is 1.06 bits per heavy atom. The zero-order chi connectivity index (χ0) is 22.0. The molecule has 3 N–H and O–H groups in total. The average molecular weight is 415 g/mol. The van der Waals surface area contributed by atoms with Gasteiger partial charge in [0.1, 0.15) is 0 Å². The third-order valence-electron chi connectivity index (χ3n) is 5.94. The standard InChI is InChI=1S/C26H30N4O/c1-4-20(21-15-19(27)8-7-18(21)3)25-16-23(22-14-17(2)6-9-24(22)29-25)26(31)30-12-5-10-28-11-13-30/h4,6-9,14-16,28H,5,10-13,27H2,1-3H3/b20-4+. The molecule has 1 aliphatic rings. The number of fused-ring (bicyclic) bond motifs is 1. The smallest absolute Gasteiger partial charge is 0.254 e. The fourth-order valence-corrected chi connectivity index (χ4v) is 4.24. The first-order valence-corrected chi connectivity index (χ1v) is 10.9. The van der Waals surface area contributed by atoms with Crippen molar-refractivity contribution in [2.24, 2.45) is 0 Å². The Hall–Kier alpha value is -3.18. The number of nitrogens with one attached hydrogen (secondary N) is 1. The van der Waals surface area contributed by atoms with Crippen molar-refractivity contribution >= 4 is 28.1 Å². The zero-order valence-corrected chi connectivity index (χ0v) is 18.5. The van der Waals surface area contributed by atoms with Crippen LogP contribution in [0.3, 0.4) is 0 Å². The maximum atomic E-state index is 13.6. The Labute approximate surface area is 184 Å². The summed E-state index contributed by atoms with van der Waals surface area (Å²) in [6.07, 6.45) is 3.01. The minimum absolute atomic E-state index is 0.0719. The molecule has 1 fully saturated rings. The summed E-state index contributed by atoms with van der Waals surface area (Å²) in [7, 11) is 0. The molecule has 0 aliphatic carbocycles. The van der Waals surface area contributed by atoms with Gasteiger partial charge in [0.25, 0.3) is 5.91 Å². The topological polar surface area (TPSA) is 71.2 Å². The van der Waals surface area contributed by atoms with Crippen LogP contribution in [0.2, 0.25) is 0 Å². The lowest BCUT2D eigenvalue weighted by Gasteiger charge is -2.22. The molecule has 2 aromatic carbocycles. The number of rotatable bonds is 3. The zero-order valence-electron chi connectivity index (χ0n) is 18.5. The van der Waals surface area contributed by atoms with Crippen molar-refractivity contribution in [2.45, 2.75) is 27.2 Å². The van der Waals surface area contributed by atoms with Crippen molar-refractivity contribution in [1.82, 2.24) is 15.2 Å². The first-order chi connectivity index (χ1) is 15.0. The van der Waals surface area contributed by atoms with Crippen LogP contribution in [-0.4, -0.2) is 42.0 Å². The number of amides is 1. The summed E-state index contributed by atoms with van der Waals surface area (Å²) in [6.45, 7) is 9.37. The monoisotopic (exact) mass is 414 g/mol. The van der Waals surface area contributed by atoms with E-state index < -0.39 is 0 Å².